The van der Waals surface area contributed by atoms with Crippen LogP contribution in [0.15, 0.2) is 54.9 Å². The van der Waals surface area contributed by atoms with Crippen molar-refractivity contribution >= 4 is 32.5 Å². The van der Waals surface area contributed by atoms with E-state index in [2.05, 4.69) is 10.1 Å². The van der Waals surface area contributed by atoms with Gasteiger partial charge in [0.1, 0.15) is 5.82 Å². The van der Waals surface area contributed by atoms with Gasteiger partial charge in [-0.25, -0.2) is 4.39 Å². The predicted molar refractivity (Wildman–Crippen MR) is 118 cm³/mol. The van der Waals surface area contributed by atoms with Gasteiger partial charge in [-0.15, -0.1) is 0 Å². The third-order valence-corrected chi connectivity index (χ3v) is 5.79. The molecule has 0 atom stereocenters. The van der Waals surface area contributed by atoms with Crippen LogP contribution in [0.5, 0.6) is 0 Å². The average Bonchev–Trinajstić information content (AvgIpc) is 3.22. The first kappa shape index (κ1) is 19.5. The van der Waals surface area contributed by atoms with Gasteiger partial charge in [-0.1, -0.05) is 24.3 Å². The molecular weight excluding hydrogens is 389 g/mol. The molecule has 3 heterocycles. The van der Waals surface area contributed by atoms with Crippen LogP contribution in [0.2, 0.25) is 0 Å². The first-order chi connectivity index (χ1) is 14.8. The standard InChI is InChI=1S/C23H17B2FN4O/c1-13-5-8-16(18-12-29(2)28-20(13)18)14-6-7-15(19(26)10-14)11-30-22(31)17-4-3-9-27-21(17)23(30,24)25/h3-10,12H,11H2,1-2H3. The Balaban J connectivity index is 1.51. The second-order valence-corrected chi connectivity index (χ2v) is 7.92. The van der Waals surface area contributed by atoms with Gasteiger partial charge in [-0.3, -0.25) is 14.5 Å². The predicted octanol–water partition coefficient (Wildman–Crippen LogP) is 3.19. The normalized spacial score (nSPS) is 14.9. The highest BCUT2D eigenvalue weighted by molar-refractivity contribution is 6.42. The summed E-state index contributed by atoms with van der Waals surface area (Å²) in [4.78, 5) is 18.2. The zero-order valence-corrected chi connectivity index (χ0v) is 17.1. The molecule has 4 aromatic rings. The molecule has 0 aliphatic carbocycles. The maximum Gasteiger partial charge on any atom is 0.255 e. The second-order valence-electron chi connectivity index (χ2n) is 7.92. The molecule has 0 bridgehead atoms. The third-order valence-electron chi connectivity index (χ3n) is 5.79. The smallest absolute Gasteiger partial charge is 0.255 e. The van der Waals surface area contributed by atoms with Crippen LogP contribution in [-0.2, 0) is 18.9 Å². The molecule has 5 nitrogen and oxygen atoms in total. The number of carbonyl (C=O) groups is 1. The highest BCUT2D eigenvalue weighted by atomic mass is 19.1. The van der Waals surface area contributed by atoms with Crippen molar-refractivity contribution in [1.82, 2.24) is 19.7 Å². The minimum absolute atomic E-state index is 0.0650. The molecule has 4 radical (unpaired) electrons. The van der Waals surface area contributed by atoms with Crippen LogP contribution in [0.25, 0.3) is 22.0 Å². The number of aromatic nitrogens is 3. The minimum atomic E-state index is -1.60. The SMILES string of the molecule is [B]C1([B])c2ncccc2C(=O)N1Cc1ccc(-c2ccc(C)c3nn(C)cc23)cc1F. The van der Waals surface area contributed by atoms with Gasteiger partial charge in [-0.2, -0.15) is 5.10 Å². The quantitative estimate of drug-likeness (QED) is 0.492. The van der Waals surface area contributed by atoms with Crippen molar-refractivity contribution in [3.63, 3.8) is 0 Å². The number of aryl methyl sites for hydroxylation is 2. The summed E-state index contributed by atoms with van der Waals surface area (Å²) >= 11 is 0. The summed E-state index contributed by atoms with van der Waals surface area (Å²) in [5.74, 6) is -0.810. The monoisotopic (exact) mass is 406 g/mol. The second kappa shape index (κ2) is 6.80. The molecule has 0 N–H and O–H groups in total. The topological polar surface area (TPSA) is 51.0 Å². The summed E-state index contributed by atoms with van der Waals surface area (Å²) in [6.45, 7) is 1.93. The van der Waals surface area contributed by atoms with Crippen molar-refractivity contribution in [3.05, 3.63) is 83.1 Å². The Morgan fingerprint density at radius 2 is 1.94 bits per heavy atom. The minimum Gasteiger partial charge on any atom is -0.340 e. The number of pyridine rings is 1. The van der Waals surface area contributed by atoms with E-state index in [0.29, 0.717) is 11.1 Å². The average molecular weight is 406 g/mol. The number of hydrogen-bond donors (Lipinski definition) is 0. The molecule has 2 aromatic carbocycles. The van der Waals surface area contributed by atoms with E-state index in [1.54, 1.807) is 22.9 Å². The lowest BCUT2D eigenvalue weighted by Gasteiger charge is -2.33. The number of amides is 1. The summed E-state index contributed by atoms with van der Waals surface area (Å²) in [5.41, 5.74) is 4.50. The van der Waals surface area contributed by atoms with Crippen molar-refractivity contribution in [1.29, 1.82) is 0 Å². The first-order valence-corrected chi connectivity index (χ1v) is 9.84. The molecule has 2 aromatic heterocycles. The molecule has 1 aliphatic heterocycles. The van der Waals surface area contributed by atoms with Gasteiger partial charge in [0.05, 0.1) is 32.5 Å². The van der Waals surface area contributed by atoms with Crippen molar-refractivity contribution < 1.29 is 9.18 Å². The largest absolute Gasteiger partial charge is 0.340 e. The maximum absolute atomic E-state index is 15.1. The molecule has 0 saturated carbocycles. The van der Waals surface area contributed by atoms with Gasteiger partial charge >= 0.3 is 0 Å². The summed E-state index contributed by atoms with van der Waals surface area (Å²) in [6, 6.07) is 12.2. The zero-order chi connectivity index (χ0) is 21.9. The van der Waals surface area contributed by atoms with Crippen molar-refractivity contribution in [2.75, 3.05) is 0 Å². The third kappa shape index (κ3) is 2.97. The van der Waals surface area contributed by atoms with Crippen LogP contribution in [0.4, 0.5) is 4.39 Å². The lowest BCUT2D eigenvalue weighted by atomic mass is 9.59. The van der Waals surface area contributed by atoms with Crippen molar-refractivity contribution in [2.24, 2.45) is 7.05 Å². The molecular formula is C23H17B2FN4O. The van der Waals surface area contributed by atoms with Gasteiger partial charge in [-0.05, 0) is 41.8 Å². The van der Waals surface area contributed by atoms with Crippen molar-refractivity contribution in [2.45, 2.75) is 18.8 Å². The van der Waals surface area contributed by atoms with E-state index in [1.807, 2.05) is 38.4 Å². The molecule has 1 aliphatic rings. The maximum atomic E-state index is 15.1. The highest BCUT2D eigenvalue weighted by Crippen LogP contribution is 2.35. The number of halogens is 1. The number of rotatable bonds is 3. The van der Waals surface area contributed by atoms with Crippen LogP contribution >= 0.6 is 0 Å². The zero-order valence-electron chi connectivity index (χ0n) is 17.1. The Hall–Kier alpha value is -3.41. The lowest BCUT2D eigenvalue weighted by molar-refractivity contribution is 0.0729. The number of fused-ring (bicyclic) bond motifs is 2. The van der Waals surface area contributed by atoms with Gasteiger partial charge in [0.2, 0.25) is 0 Å². The molecule has 0 saturated heterocycles. The Morgan fingerprint density at radius 1 is 1.13 bits per heavy atom. The molecule has 1 amide bonds. The van der Waals surface area contributed by atoms with E-state index >= 15 is 4.39 Å². The molecule has 8 heteroatoms. The number of hydrogen-bond acceptors (Lipinski definition) is 3. The van der Waals surface area contributed by atoms with E-state index in [0.717, 1.165) is 27.6 Å². The highest BCUT2D eigenvalue weighted by Gasteiger charge is 2.43. The van der Waals surface area contributed by atoms with Gasteiger partial charge in [0.15, 0.2) is 0 Å². The Labute approximate surface area is 181 Å². The summed E-state index contributed by atoms with van der Waals surface area (Å²) in [5, 5.41) is 3.85. The summed E-state index contributed by atoms with van der Waals surface area (Å²) in [6.07, 6.45) is 3.45. The van der Waals surface area contributed by atoms with Crippen LogP contribution in [-0.4, -0.2) is 41.3 Å². The fraction of sp³-hybridized carbons (Fsp3) is 0.174. The van der Waals surface area contributed by atoms with E-state index in [1.165, 1.54) is 17.2 Å². The van der Waals surface area contributed by atoms with Crippen LogP contribution in [0.3, 0.4) is 0 Å². The van der Waals surface area contributed by atoms with Crippen LogP contribution in [0.1, 0.15) is 27.2 Å². The van der Waals surface area contributed by atoms with E-state index in [9.17, 15) is 4.79 Å². The fourth-order valence-corrected chi connectivity index (χ4v) is 4.16. The number of nitrogens with zero attached hydrogens (tertiary/aromatic N) is 4. The number of benzene rings is 2. The Morgan fingerprint density at radius 3 is 2.68 bits per heavy atom. The summed E-state index contributed by atoms with van der Waals surface area (Å²) in [7, 11) is 14.3. The van der Waals surface area contributed by atoms with Gasteiger partial charge in [0, 0.05) is 42.3 Å². The Bertz CT molecular complexity index is 1370. The lowest BCUT2D eigenvalue weighted by Crippen LogP contribution is -2.44. The van der Waals surface area contributed by atoms with E-state index in [-0.39, 0.29) is 18.1 Å². The van der Waals surface area contributed by atoms with Crippen LogP contribution in [0, 0.1) is 12.7 Å². The number of carbonyl (C=O) groups excluding carboxylic acids is 1. The fourth-order valence-electron chi connectivity index (χ4n) is 4.16. The molecule has 0 spiro atoms. The van der Waals surface area contributed by atoms with E-state index in [4.69, 9.17) is 15.7 Å². The molecule has 0 fully saturated rings. The molecule has 148 valence electrons. The van der Waals surface area contributed by atoms with Gasteiger partial charge < -0.3 is 4.90 Å². The molecule has 0 unspecified atom stereocenters. The van der Waals surface area contributed by atoms with E-state index < -0.39 is 11.2 Å². The van der Waals surface area contributed by atoms with Gasteiger partial charge in [0.25, 0.3) is 5.91 Å². The first-order valence-electron chi connectivity index (χ1n) is 9.84. The molecule has 5 rings (SSSR count). The Kier molecular flexibility index (Phi) is 4.29. The molecule has 31 heavy (non-hydrogen) atoms. The van der Waals surface area contributed by atoms with Crippen LogP contribution < -0.4 is 0 Å². The summed E-state index contributed by atoms with van der Waals surface area (Å²) < 4.78 is 16.9. The van der Waals surface area contributed by atoms with Crippen molar-refractivity contribution in [3.8, 4) is 11.1 Å².